The van der Waals surface area contributed by atoms with Crippen molar-refractivity contribution in [3.63, 3.8) is 0 Å². The van der Waals surface area contributed by atoms with Gasteiger partial charge >= 0.3 is 0 Å². The molecule has 0 aromatic heterocycles. The molecular weight excluding hydrogens is 306 g/mol. The summed E-state index contributed by atoms with van der Waals surface area (Å²) in [6, 6.07) is 19.7. The van der Waals surface area contributed by atoms with Crippen LogP contribution in [0.5, 0.6) is 0 Å². The van der Waals surface area contributed by atoms with Gasteiger partial charge in [-0.2, -0.15) is 0 Å². The smallest absolute Gasteiger partial charge is 0.109 e. The maximum absolute atomic E-state index is 10.2. The molecule has 24 heavy (non-hydrogen) atoms. The Morgan fingerprint density at radius 1 is 0.708 bits per heavy atom. The fourth-order valence-corrected chi connectivity index (χ4v) is 2.61. The molecule has 2 aromatic rings. The van der Waals surface area contributed by atoms with Crippen LogP contribution in [0.4, 0.5) is 0 Å². The molecule has 2 aromatic carbocycles. The first kappa shape index (κ1) is 18.6. The van der Waals surface area contributed by atoms with Crippen molar-refractivity contribution in [2.75, 3.05) is 13.2 Å². The van der Waals surface area contributed by atoms with E-state index in [0.717, 1.165) is 11.1 Å². The molecule has 0 saturated heterocycles. The van der Waals surface area contributed by atoms with Crippen LogP contribution >= 0.6 is 0 Å². The average molecular weight is 331 g/mol. The number of hydrogen-bond donors (Lipinski definition) is 4. The minimum atomic E-state index is -1.39. The Kier molecular flexibility index (Phi) is 7.36. The molecule has 0 spiro atoms. The maximum Gasteiger partial charge on any atom is 0.109 e. The number of rotatable bonds is 9. The molecule has 0 saturated carbocycles. The average Bonchev–Trinajstić information content (AvgIpc) is 2.62. The number of nitrogens with zero attached hydrogens (tertiary/aromatic N) is 1. The number of aliphatic hydroxyl groups is 4. The molecule has 4 N–H and O–H groups in total. The van der Waals surface area contributed by atoms with Crippen LogP contribution in [-0.2, 0) is 13.1 Å². The summed E-state index contributed by atoms with van der Waals surface area (Å²) in [6.45, 7) is 0.807. The third-order valence-corrected chi connectivity index (χ3v) is 3.92. The summed E-state index contributed by atoms with van der Waals surface area (Å²) in [5.41, 5.74) is 2.19. The lowest BCUT2D eigenvalue weighted by Crippen LogP contribution is -2.45. The van der Waals surface area contributed by atoms with Crippen LogP contribution in [-0.4, -0.2) is 56.8 Å². The number of hydrogen-bond acceptors (Lipinski definition) is 5. The monoisotopic (exact) mass is 331 g/mol. The minimum absolute atomic E-state index is 0.183. The second-order valence-corrected chi connectivity index (χ2v) is 5.95. The van der Waals surface area contributed by atoms with Crippen molar-refractivity contribution in [1.82, 2.24) is 4.90 Å². The van der Waals surface area contributed by atoms with E-state index in [2.05, 4.69) is 0 Å². The molecule has 0 heterocycles. The van der Waals surface area contributed by atoms with Crippen molar-refractivity contribution < 1.29 is 20.4 Å². The fraction of sp³-hybridized carbons (Fsp3) is 0.368. The highest BCUT2D eigenvalue weighted by atomic mass is 16.4. The summed E-state index contributed by atoms with van der Waals surface area (Å²) < 4.78 is 0. The van der Waals surface area contributed by atoms with Gasteiger partial charge in [0.15, 0.2) is 0 Å². The van der Waals surface area contributed by atoms with Crippen LogP contribution in [0.15, 0.2) is 60.7 Å². The van der Waals surface area contributed by atoms with E-state index in [0.29, 0.717) is 13.1 Å². The molecule has 0 amide bonds. The van der Waals surface area contributed by atoms with Gasteiger partial charge in [-0.3, -0.25) is 4.90 Å². The first-order valence-corrected chi connectivity index (χ1v) is 8.05. The molecular formula is C19H25NO4. The normalized spacial score (nSPS) is 15.2. The highest BCUT2D eigenvalue weighted by Gasteiger charge is 2.26. The lowest BCUT2D eigenvalue weighted by Gasteiger charge is -2.29. The first-order valence-electron chi connectivity index (χ1n) is 8.05. The van der Waals surface area contributed by atoms with E-state index in [1.165, 1.54) is 0 Å². The van der Waals surface area contributed by atoms with E-state index in [1.54, 1.807) is 0 Å². The van der Waals surface area contributed by atoms with Crippen LogP contribution in [0.3, 0.4) is 0 Å². The van der Waals surface area contributed by atoms with Crippen LogP contribution in [0, 0.1) is 0 Å². The third kappa shape index (κ3) is 5.70. The predicted octanol–water partition coefficient (Wildman–Crippen LogP) is 0.764. The van der Waals surface area contributed by atoms with Crippen molar-refractivity contribution in [1.29, 1.82) is 0 Å². The summed E-state index contributed by atoms with van der Waals surface area (Å²) in [5.74, 6) is 0. The fourth-order valence-electron chi connectivity index (χ4n) is 2.61. The van der Waals surface area contributed by atoms with Gasteiger partial charge in [0.05, 0.1) is 12.7 Å². The molecule has 5 heteroatoms. The van der Waals surface area contributed by atoms with Gasteiger partial charge in [-0.25, -0.2) is 0 Å². The van der Waals surface area contributed by atoms with E-state index in [9.17, 15) is 15.3 Å². The van der Waals surface area contributed by atoms with Crippen LogP contribution < -0.4 is 0 Å². The molecule has 0 fully saturated rings. The Balaban J connectivity index is 2.07. The van der Waals surface area contributed by atoms with Gasteiger partial charge < -0.3 is 20.4 Å². The van der Waals surface area contributed by atoms with Crippen molar-refractivity contribution in [3.8, 4) is 0 Å². The summed E-state index contributed by atoms with van der Waals surface area (Å²) >= 11 is 0. The van der Waals surface area contributed by atoms with Gasteiger partial charge in [0.1, 0.15) is 12.2 Å². The number of aliphatic hydroxyl groups excluding tert-OH is 4. The van der Waals surface area contributed by atoms with Gasteiger partial charge in [-0.15, -0.1) is 0 Å². The Morgan fingerprint density at radius 2 is 1.17 bits per heavy atom. The molecule has 2 rings (SSSR count). The van der Waals surface area contributed by atoms with Crippen LogP contribution in [0.25, 0.3) is 0 Å². The predicted molar refractivity (Wildman–Crippen MR) is 92.1 cm³/mol. The quantitative estimate of drug-likeness (QED) is 0.545. The molecule has 0 aliphatic rings. The van der Waals surface area contributed by atoms with Gasteiger partial charge in [-0.05, 0) is 11.1 Å². The van der Waals surface area contributed by atoms with Gasteiger partial charge in [-0.1, -0.05) is 60.7 Å². The molecule has 0 bridgehead atoms. The number of benzene rings is 2. The van der Waals surface area contributed by atoms with Crippen LogP contribution in [0.2, 0.25) is 0 Å². The molecule has 130 valence electrons. The molecule has 0 aliphatic carbocycles. The maximum atomic E-state index is 10.2. The molecule has 0 radical (unpaired) electrons. The van der Waals surface area contributed by atoms with Crippen molar-refractivity contribution in [2.24, 2.45) is 0 Å². The zero-order chi connectivity index (χ0) is 17.4. The van der Waals surface area contributed by atoms with E-state index in [1.807, 2.05) is 65.6 Å². The zero-order valence-corrected chi connectivity index (χ0v) is 13.6. The van der Waals surface area contributed by atoms with Crippen LogP contribution in [0.1, 0.15) is 11.1 Å². The standard InChI is InChI=1S/C19H25NO4/c21-14-18(23)19(24)17(22)13-20(11-15-7-3-1-4-8-15)12-16-9-5-2-6-10-16/h1-10,17-19,21-24H,11-14H2/t17-,18+,19-/m0/s1. The van der Waals surface area contributed by atoms with E-state index < -0.39 is 24.9 Å². The summed E-state index contributed by atoms with van der Waals surface area (Å²) in [7, 11) is 0. The van der Waals surface area contributed by atoms with E-state index >= 15 is 0 Å². The van der Waals surface area contributed by atoms with Gasteiger partial charge in [0.2, 0.25) is 0 Å². The van der Waals surface area contributed by atoms with Crippen molar-refractivity contribution >= 4 is 0 Å². The highest BCUT2D eigenvalue weighted by molar-refractivity contribution is 5.17. The lowest BCUT2D eigenvalue weighted by atomic mass is 10.1. The minimum Gasteiger partial charge on any atom is -0.394 e. The van der Waals surface area contributed by atoms with Crippen molar-refractivity contribution in [2.45, 2.75) is 31.4 Å². The summed E-state index contributed by atoms with van der Waals surface area (Å²) in [4.78, 5) is 2.00. The van der Waals surface area contributed by atoms with E-state index in [-0.39, 0.29) is 6.54 Å². The molecule has 5 nitrogen and oxygen atoms in total. The first-order chi connectivity index (χ1) is 11.6. The van der Waals surface area contributed by atoms with Gasteiger partial charge in [0, 0.05) is 19.6 Å². The second-order valence-electron chi connectivity index (χ2n) is 5.95. The summed E-state index contributed by atoms with van der Waals surface area (Å²) in [5, 5.41) is 38.5. The van der Waals surface area contributed by atoms with E-state index in [4.69, 9.17) is 5.11 Å². The van der Waals surface area contributed by atoms with Gasteiger partial charge in [0.25, 0.3) is 0 Å². The SMILES string of the molecule is OC[C@@H](O)[C@@H](O)[C@@H](O)CN(Cc1ccccc1)Cc1ccccc1. The summed E-state index contributed by atoms with van der Waals surface area (Å²) in [6.07, 6.45) is -3.89. The highest BCUT2D eigenvalue weighted by Crippen LogP contribution is 2.12. The molecule has 0 unspecified atom stereocenters. The topological polar surface area (TPSA) is 84.2 Å². The zero-order valence-electron chi connectivity index (χ0n) is 13.6. The lowest BCUT2D eigenvalue weighted by molar-refractivity contribution is -0.0853. The Hall–Kier alpha value is -1.76. The molecule has 0 aliphatic heterocycles. The Labute approximate surface area is 142 Å². The third-order valence-electron chi connectivity index (χ3n) is 3.92. The Morgan fingerprint density at radius 3 is 1.58 bits per heavy atom. The second kappa shape index (κ2) is 9.52. The Bertz CT molecular complexity index is 537. The largest absolute Gasteiger partial charge is 0.394 e. The van der Waals surface area contributed by atoms with Crippen molar-refractivity contribution in [3.05, 3.63) is 71.8 Å². The molecule has 3 atom stereocenters.